The molecule has 2 unspecified atom stereocenters. The van der Waals surface area contributed by atoms with Crippen molar-refractivity contribution < 1.29 is 0 Å². The van der Waals surface area contributed by atoms with Gasteiger partial charge in [0.15, 0.2) is 0 Å². The van der Waals surface area contributed by atoms with Crippen LogP contribution in [0, 0.1) is 22.7 Å². The predicted molar refractivity (Wildman–Crippen MR) is 98.3 cm³/mol. The standard InChI is InChI=1S/C22H18N4/c23-12-16-1-4-18(5-2-16)20-8-6-19-11-17(13-24)3-7-21(19)22(20)14-26-10-9-25-15-26/h1-5,7,9-11,15,20,22H,6,8,14H2. The molecule has 4 nitrogen and oxygen atoms in total. The van der Waals surface area contributed by atoms with Crippen molar-refractivity contribution in [2.45, 2.75) is 31.2 Å². The van der Waals surface area contributed by atoms with Crippen LogP contribution in [0.4, 0.5) is 0 Å². The SMILES string of the molecule is N#Cc1ccc(C2CCc3cc(C#N)ccc3C2Cn2ccnc2)cc1. The van der Waals surface area contributed by atoms with Crippen LogP contribution in [0.1, 0.15) is 46.1 Å². The van der Waals surface area contributed by atoms with Gasteiger partial charge >= 0.3 is 0 Å². The minimum absolute atomic E-state index is 0.314. The van der Waals surface area contributed by atoms with Crippen molar-refractivity contribution >= 4 is 0 Å². The Morgan fingerprint density at radius 3 is 2.50 bits per heavy atom. The van der Waals surface area contributed by atoms with Crippen LogP contribution in [-0.2, 0) is 13.0 Å². The van der Waals surface area contributed by atoms with E-state index in [1.54, 1.807) is 6.20 Å². The molecule has 0 amide bonds. The molecule has 1 aliphatic carbocycles. The Morgan fingerprint density at radius 1 is 1.04 bits per heavy atom. The summed E-state index contributed by atoms with van der Waals surface area (Å²) in [6.07, 6.45) is 7.66. The van der Waals surface area contributed by atoms with Gasteiger partial charge in [0.1, 0.15) is 0 Å². The van der Waals surface area contributed by atoms with Gasteiger partial charge in [-0.1, -0.05) is 18.2 Å². The lowest BCUT2D eigenvalue weighted by atomic mass is 9.71. The highest BCUT2D eigenvalue weighted by atomic mass is 15.0. The Kier molecular flexibility index (Phi) is 4.25. The summed E-state index contributed by atoms with van der Waals surface area (Å²) in [4.78, 5) is 4.18. The molecule has 2 aromatic carbocycles. The van der Waals surface area contributed by atoms with Crippen molar-refractivity contribution in [3.8, 4) is 12.1 Å². The number of rotatable bonds is 3. The number of fused-ring (bicyclic) bond motifs is 1. The minimum atomic E-state index is 0.314. The molecule has 0 saturated carbocycles. The lowest BCUT2D eigenvalue weighted by Crippen LogP contribution is -2.23. The van der Waals surface area contributed by atoms with Gasteiger partial charge < -0.3 is 4.57 Å². The molecule has 4 rings (SSSR count). The summed E-state index contributed by atoms with van der Waals surface area (Å²) in [5, 5.41) is 18.3. The molecule has 3 aromatic rings. The zero-order valence-electron chi connectivity index (χ0n) is 14.3. The molecule has 1 heterocycles. The molecule has 26 heavy (non-hydrogen) atoms. The third-order valence-electron chi connectivity index (χ3n) is 5.32. The van der Waals surface area contributed by atoms with Crippen molar-refractivity contribution in [2.24, 2.45) is 0 Å². The molecule has 1 aromatic heterocycles. The van der Waals surface area contributed by atoms with E-state index in [4.69, 9.17) is 5.26 Å². The van der Waals surface area contributed by atoms with E-state index in [2.05, 4.69) is 39.9 Å². The van der Waals surface area contributed by atoms with E-state index in [0.717, 1.165) is 24.9 Å². The van der Waals surface area contributed by atoms with Crippen LogP contribution in [0.15, 0.2) is 61.2 Å². The maximum atomic E-state index is 9.20. The Bertz CT molecular complexity index is 988. The molecule has 0 fully saturated rings. The van der Waals surface area contributed by atoms with E-state index in [9.17, 15) is 5.26 Å². The number of hydrogen-bond donors (Lipinski definition) is 0. The Hall–Kier alpha value is -3.37. The summed E-state index contributed by atoms with van der Waals surface area (Å²) in [7, 11) is 0. The lowest BCUT2D eigenvalue weighted by Gasteiger charge is -2.34. The molecule has 0 N–H and O–H groups in total. The van der Waals surface area contributed by atoms with Crippen molar-refractivity contribution in [1.82, 2.24) is 9.55 Å². The van der Waals surface area contributed by atoms with Crippen LogP contribution < -0.4 is 0 Å². The minimum Gasteiger partial charge on any atom is -0.337 e. The Labute approximate surface area is 153 Å². The van der Waals surface area contributed by atoms with Gasteiger partial charge in [-0.3, -0.25) is 0 Å². The van der Waals surface area contributed by atoms with Crippen molar-refractivity contribution in [2.75, 3.05) is 0 Å². The summed E-state index contributed by atoms with van der Waals surface area (Å²) in [5.74, 6) is 0.694. The van der Waals surface area contributed by atoms with E-state index < -0.39 is 0 Å². The third-order valence-corrected chi connectivity index (χ3v) is 5.32. The average Bonchev–Trinajstić information content (AvgIpc) is 3.21. The molecular formula is C22H18N4. The number of nitriles is 2. The first kappa shape index (κ1) is 16.1. The second-order valence-electron chi connectivity index (χ2n) is 6.77. The van der Waals surface area contributed by atoms with Crippen LogP contribution in [0.5, 0.6) is 0 Å². The summed E-state index contributed by atoms with van der Waals surface area (Å²) in [5.41, 5.74) is 5.28. The van der Waals surface area contributed by atoms with Gasteiger partial charge in [0, 0.05) is 24.9 Å². The Morgan fingerprint density at radius 2 is 1.81 bits per heavy atom. The van der Waals surface area contributed by atoms with Gasteiger partial charge in [0.25, 0.3) is 0 Å². The van der Waals surface area contributed by atoms with Gasteiger partial charge in [-0.2, -0.15) is 10.5 Å². The molecule has 0 spiro atoms. The first-order valence-corrected chi connectivity index (χ1v) is 8.77. The molecule has 126 valence electrons. The predicted octanol–water partition coefficient (Wildman–Crippen LogP) is 4.14. The van der Waals surface area contributed by atoms with Gasteiger partial charge in [-0.25, -0.2) is 4.98 Å². The summed E-state index contributed by atoms with van der Waals surface area (Å²) in [6.45, 7) is 0.851. The zero-order chi connectivity index (χ0) is 17.9. The van der Waals surface area contributed by atoms with Gasteiger partial charge in [-0.15, -0.1) is 0 Å². The van der Waals surface area contributed by atoms with Crippen LogP contribution >= 0.6 is 0 Å². The number of aryl methyl sites for hydroxylation is 1. The summed E-state index contributed by atoms with van der Waals surface area (Å²) >= 11 is 0. The van der Waals surface area contributed by atoms with E-state index in [-0.39, 0.29) is 0 Å². The largest absolute Gasteiger partial charge is 0.337 e. The molecule has 0 saturated heterocycles. The fourth-order valence-corrected chi connectivity index (χ4v) is 4.03. The number of hydrogen-bond acceptors (Lipinski definition) is 3. The highest BCUT2D eigenvalue weighted by Gasteiger charge is 2.31. The number of nitrogens with zero attached hydrogens (tertiary/aromatic N) is 4. The van der Waals surface area contributed by atoms with Crippen molar-refractivity contribution in [3.05, 3.63) is 89.0 Å². The van der Waals surface area contributed by atoms with Crippen molar-refractivity contribution in [1.29, 1.82) is 10.5 Å². The third kappa shape index (κ3) is 2.98. The first-order chi connectivity index (χ1) is 12.8. The lowest BCUT2D eigenvalue weighted by molar-refractivity contribution is 0.422. The first-order valence-electron chi connectivity index (χ1n) is 8.77. The van der Waals surface area contributed by atoms with E-state index >= 15 is 0 Å². The van der Waals surface area contributed by atoms with E-state index in [1.807, 2.05) is 36.8 Å². The summed E-state index contributed by atoms with van der Waals surface area (Å²) in [6, 6.07) is 18.5. The highest BCUT2D eigenvalue weighted by molar-refractivity contribution is 5.44. The Balaban J connectivity index is 1.75. The quantitative estimate of drug-likeness (QED) is 0.721. The molecule has 0 aliphatic heterocycles. The fraction of sp³-hybridized carbons (Fsp3) is 0.227. The average molecular weight is 338 g/mol. The molecule has 4 heteroatoms. The smallest absolute Gasteiger partial charge is 0.0991 e. The van der Waals surface area contributed by atoms with Crippen molar-refractivity contribution in [3.63, 3.8) is 0 Å². The molecular weight excluding hydrogens is 320 g/mol. The molecule has 2 atom stereocenters. The molecule has 0 radical (unpaired) electrons. The number of aromatic nitrogens is 2. The van der Waals surface area contributed by atoms with Gasteiger partial charge in [0.05, 0.1) is 29.6 Å². The van der Waals surface area contributed by atoms with Gasteiger partial charge in [-0.05, 0) is 59.7 Å². The maximum absolute atomic E-state index is 9.20. The topological polar surface area (TPSA) is 65.4 Å². The van der Waals surface area contributed by atoms with Crippen LogP contribution in [0.25, 0.3) is 0 Å². The monoisotopic (exact) mass is 338 g/mol. The normalized spacial score (nSPS) is 18.5. The summed E-state index contributed by atoms with van der Waals surface area (Å²) < 4.78 is 2.12. The maximum Gasteiger partial charge on any atom is 0.0991 e. The molecule has 1 aliphatic rings. The molecule has 0 bridgehead atoms. The van der Waals surface area contributed by atoms with E-state index in [1.165, 1.54) is 16.7 Å². The van der Waals surface area contributed by atoms with Crippen LogP contribution in [0.3, 0.4) is 0 Å². The van der Waals surface area contributed by atoms with E-state index in [0.29, 0.717) is 17.4 Å². The second-order valence-corrected chi connectivity index (χ2v) is 6.77. The van der Waals surface area contributed by atoms with Crippen LogP contribution in [0.2, 0.25) is 0 Å². The van der Waals surface area contributed by atoms with Crippen LogP contribution in [-0.4, -0.2) is 9.55 Å². The second kappa shape index (κ2) is 6.86. The number of benzene rings is 2. The van der Waals surface area contributed by atoms with Gasteiger partial charge in [0.2, 0.25) is 0 Å². The fourth-order valence-electron chi connectivity index (χ4n) is 4.03. The zero-order valence-corrected chi connectivity index (χ0v) is 14.3. The highest BCUT2D eigenvalue weighted by Crippen LogP contribution is 2.43. The number of imidazole rings is 1.